The van der Waals surface area contributed by atoms with Gasteiger partial charge >= 0.3 is 0 Å². The van der Waals surface area contributed by atoms with E-state index in [9.17, 15) is 0 Å². The number of hydrogen-bond acceptors (Lipinski definition) is 5. The van der Waals surface area contributed by atoms with E-state index in [0.717, 1.165) is 50.8 Å². The van der Waals surface area contributed by atoms with E-state index in [-0.39, 0.29) is 0 Å². The fourth-order valence-corrected chi connectivity index (χ4v) is 2.42. The van der Waals surface area contributed by atoms with Gasteiger partial charge in [0.15, 0.2) is 0 Å². The highest BCUT2D eigenvalue weighted by atomic mass is 15.3. The molecule has 1 atom stereocenters. The summed E-state index contributed by atoms with van der Waals surface area (Å²) in [5.41, 5.74) is 0. The maximum absolute atomic E-state index is 4.71. The molecule has 3 aliphatic rings. The van der Waals surface area contributed by atoms with Crippen LogP contribution in [0.5, 0.6) is 0 Å². The van der Waals surface area contributed by atoms with Crippen LogP contribution in [0.4, 0.5) is 0 Å². The standard InChI is InChI=1S/C12H19N5/c1-2-10-8-17-9-14-11(7-12(17)15-10)16-5-3-13-4-6-16/h7,9-10,13H,2-6,8H2,1H3/t10-/m0/s1. The van der Waals surface area contributed by atoms with Gasteiger partial charge < -0.3 is 15.1 Å². The van der Waals surface area contributed by atoms with E-state index in [1.54, 1.807) is 0 Å². The quantitative estimate of drug-likeness (QED) is 0.744. The normalized spacial score (nSPS) is 27.9. The van der Waals surface area contributed by atoms with Crippen LogP contribution in [0.2, 0.25) is 0 Å². The Bertz CT molecular complexity index is 378. The Balaban J connectivity index is 1.76. The summed E-state index contributed by atoms with van der Waals surface area (Å²) in [5.74, 6) is 2.15. The molecule has 0 bridgehead atoms. The molecule has 3 rings (SSSR count). The zero-order valence-corrected chi connectivity index (χ0v) is 10.3. The molecule has 3 aliphatic heterocycles. The number of nitrogens with zero attached hydrogens (tertiary/aromatic N) is 4. The lowest BCUT2D eigenvalue weighted by atomic mass is 10.2. The second kappa shape index (κ2) is 4.49. The van der Waals surface area contributed by atoms with E-state index >= 15 is 0 Å². The Morgan fingerprint density at radius 2 is 2.24 bits per heavy atom. The van der Waals surface area contributed by atoms with Gasteiger partial charge in [0.05, 0.1) is 12.4 Å². The smallest absolute Gasteiger partial charge is 0.134 e. The average molecular weight is 233 g/mol. The van der Waals surface area contributed by atoms with Crippen LogP contribution < -0.4 is 5.32 Å². The van der Waals surface area contributed by atoms with E-state index in [0.29, 0.717) is 6.04 Å². The summed E-state index contributed by atoms with van der Waals surface area (Å²) in [4.78, 5) is 13.7. The summed E-state index contributed by atoms with van der Waals surface area (Å²) in [7, 11) is 0. The fraction of sp³-hybridized carbons (Fsp3) is 0.667. The molecule has 3 heterocycles. The lowest BCUT2D eigenvalue weighted by Gasteiger charge is -2.31. The van der Waals surface area contributed by atoms with E-state index in [1.165, 1.54) is 0 Å². The number of rotatable bonds is 2. The molecule has 0 aromatic rings. The molecule has 5 nitrogen and oxygen atoms in total. The van der Waals surface area contributed by atoms with Crippen LogP contribution in [-0.2, 0) is 0 Å². The fourth-order valence-electron chi connectivity index (χ4n) is 2.42. The van der Waals surface area contributed by atoms with E-state index in [4.69, 9.17) is 4.99 Å². The molecule has 1 saturated heterocycles. The molecule has 1 fully saturated rings. The maximum atomic E-state index is 4.71. The Labute approximate surface area is 102 Å². The van der Waals surface area contributed by atoms with Crippen molar-refractivity contribution < 1.29 is 0 Å². The molecule has 5 heteroatoms. The van der Waals surface area contributed by atoms with Crippen LogP contribution in [0.3, 0.4) is 0 Å². The summed E-state index contributed by atoms with van der Waals surface area (Å²) < 4.78 is 0. The Kier molecular flexibility index (Phi) is 2.84. The van der Waals surface area contributed by atoms with Crippen LogP contribution in [0, 0.1) is 0 Å². The van der Waals surface area contributed by atoms with Crippen LogP contribution >= 0.6 is 0 Å². The highest BCUT2D eigenvalue weighted by Gasteiger charge is 2.25. The molecule has 1 N–H and O–H groups in total. The predicted octanol–water partition coefficient (Wildman–Crippen LogP) is 0.268. The summed E-state index contributed by atoms with van der Waals surface area (Å²) in [6.45, 7) is 7.33. The van der Waals surface area contributed by atoms with Crippen molar-refractivity contribution >= 4 is 12.2 Å². The van der Waals surface area contributed by atoms with Crippen molar-refractivity contribution in [2.45, 2.75) is 19.4 Å². The first-order chi connectivity index (χ1) is 8.36. The Hall–Kier alpha value is -1.36. The molecule has 0 aromatic carbocycles. The van der Waals surface area contributed by atoms with Crippen LogP contribution in [0.25, 0.3) is 0 Å². The van der Waals surface area contributed by atoms with Gasteiger partial charge in [-0.2, -0.15) is 0 Å². The zero-order valence-electron chi connectivity index (χ0n) is 10.3. The minimum Gasteiger partial charge on any atom is -0.354 e. The van der Waals surface area contributed by atoms with Gasteiger partial charge in [0.25, 0.3) is 0 Å². The third kappa shape index (κ3) is 2.07. The molecule has 0 radical (unpaired) electrons. The minimum absolute atomic E-state index is 0.440. The van der Waals surface area contributed by atoms with E-state index < -0.39 is 0 Å². The number of nitrogens with one attached hydrogen (secondary N) is 1. The Morgan fingerprint density at radius 1 is 1.41 bits per heavy atom. The van der Waals surface area contributed by atoms with Crippen molar-refractivity contribution in [2.75, 3.05) is 32.7 Å². The largest absolute Gasteiger partial charge is 0.354 e. The number of aliphatic imine (C=N–C) groups is 2. The van der Waals surface area contributed by atoms with Gasteiger partial charge in [-0.15, -0.1) is 0 Å². The summed E-state index contributed by atoms with van der Waals surface area (Å²) >= 11 is 0. The van der Waals surface area contributed by atoms with Crippen molar-refractivity contribution in [3.63, 3.8) is 0 Å². The lowest BCUT2D eigenvalue weighted by Crippen LogP contribution is -2.43. The second-order valence-corrected chi connectivity index (χ2v) is 4.69. The average Bonchev–Trinajstić information content (AvgIpc) is 2.81. The van der Waals surface area contributed by atoms with Gasteiger partial charge in [-0.25, -0.2) is 4.99 Å². The van der Waals surface area contributed by atoms with Gasteiger partial charge in [0, 0.05) is 38.8 Å². The molecule has 0 aromatic heterocycles. The molecule has 0 saturated carbocycles. The number of amidine groups is 1. The minimum atomic E-state index is 0.440. The zero-order chi connectivity index (χ0) is 11.7. The summed E-state index contributed by atoms with van der Waals surface area (Å²) in [6.07, 6.45) is 5.16. The SMILES string of the molecule is CC[C@H]1CN2C=NC(N3CCNCC3)=CC2=N1. The molecule has 17 heavy (non-hydrogen) atoms. The van der Waals surface area contributed by atoms with Gasteiger partial charge in [0.2, 0.25) is 0 Å². The molecule has 92 valence electrons. The van der Waals surface area contributed by atoms with Crippen molar-refractivity contribution in [3.8, 4) is 0 Å². The molecular formula is C12H19N5. The van der Waals surface area contributed by atoms with Crippen molar-refractivity contribution in [1.29, 1.82) is 0 Å². The molecule has 0 amide bonds. The lowest BCUT2D eigenvalue weighted by molar-refractivity contribution is 0.296. The third-order valence-corrected chi connectivity index (χ3v) is 3.52. The van der Waals surface area contributed by atoms with Crippen LogP contribution in [0.15, 0.2) is 21.9 Å². The highest BCUT2D eigenvalue weighted by molar-refractivity contribution is 6.03. The monoisotopic (exact) mass is 233 g/mol. The summed E-state index contributed by atoms with van der Waals surface area (Å²) in [5, 5.41) is 3.35. The van der Waals surface area contributed by atoms with Gasteiger partial charge in [-0.1, -0.05) is 6.92 Å². The maximum Gasteiger partial charge on any atom is 0.134 e. The Morgan fingerprint density at radius 3 is 3.00 bits per heavy atom. The summed E-state index contributed by atoms with van der Waals surface area (Å²) in [6, 6.07) is 0.440. The van der Waals surface area contributed by atoms with Crippen molar-refractivity contribution in [2.24, 2.45) is 9.98 Å². The molecule has 0 spiro atoms. The first-order valence-corrected chi connectivity index (χ1v) is 6.43. The number of hydrogen-bond donors (Lipinski definition) is 1. The molecule has 0 aliphatic carbocycles. The number of fused-ring (bicyclic) bond motifs is 1. The third-order valence-electron chi connectivity index (χ3n) is 3.52. The molecular weight excluding hydrogens is 214 g/mol. The van der Waals surface area contributed by atoms with E-state index in [1.807, 2.05) is 6.34 Å². The first-order valence-electron chi connectivity index (χ1n) is 6.43. The van der Waals surface area contributed by atoms with Gasteiger partial charge in [0.1, 0.15) is 11.7 Å². The van der Waals surface area contributed by atoms with E-state index in [2.05, 4.69) is 33.1 Å². The van der Waals surface area contributed by atoms with Crippen LogP contribution in [-0.4, -0.2) is 60.7 Å². The second-order valence-electron chi connectivity index (χ2n) is 4.69. The van der Waals surface area contributed by atoms with Crippen molar-refractivity contribution in [1.82, 2.24) is 15.1 Å². The van der Waals surface area contributed by atoms with Crippen molar-refractivity contribution in [3.05, 3.63) is 11.9 Å². The van der Waals surface area contributed by atoms with Crippen LogP contribution in [0.1, 0.15) is 13.3 Å². The number of piperazine rings is 1. The first kappa shape index (κ1) is 10.8. The topological polar surface area (TPSA) is 43.2 Å². The van der Waals surface area contributed by atoms with Gasteiger partial charge in [-0.3, -0.25) is 4.99 Å². The highest BCUT2D eigenvalue weighted by Crippen LogP contribution is 2.18. The molecule has 0 unspecified atom stereocenters. The predicted molar refractivity (Wildman–Crippen MR) is 69.2 cm³/mol. The van der Waals surface area contributed by atoms with Gasteiger partial charge in [-0.05, 0) is 6.42 Å².